The van der Waals surface area contributed by atoms with Gasteiger partial charge in [0.1, 0.15) is 16.9 Å². The van der Waals surface area contributed by atoms with Crippen LogP contribution in [0, 0.1) is 5.41 Å². The Hall–Kier alpha value is -4.27. The maximum Gasteiger partial charge on any atom is 0.229 e. The number of aromatic amines is 2. The number of carbonyl (C=O) groups is 1. The van der Waals surface area contributed by atoms with E-state index >= 15 is 0 Å². The van der Waals surface area contributed by atoms with Crippen LogP contribution in [-0.4, -0.2) is 49.1 Å². The molecule has 1 amide bonds. The second-order valence-corrected chi connectivity index (χ2v) is 10.7. The Kier molecular flexibility index (Phi) is 5.62. The molecule has 1 aliphatic heterocycles. The number of aromatic nitrogens is 6. The number of hydrogen-bond donors (Lipinski definition) is 3. The molecule has 0 aromatic carbocycles. The number of amides is 1. The number of nitrogens with zero attached hydrogens (tertiary/aromatic N) is 5. The van der Waals surface area contributed by atoms with Gasteiger partial charge in [0.25, 0.3) is 0 Å². The molecule has 0 bridgehead atoms. The topological polar surface area (TPSA) is 115 Å². The minimum atomic E-state index is -0.499. The lowest BCUT2D eigenvalue weighted by Gasteiger charge is -2.29. The van der Waals surface area contributed by atoms with Gasteiger partial charge in [-0.15, -0.1) is 0 Å². The summed E-state index contributed by atoms with van der Waals surface area (Å²) in [5.74, 6) is -0.0664. The van der Waals surface area contributed by atoms with Gasteiger partial charge in [-0.25, -0.2) is 9.97 Å². The normalized spacial score (nSPS) is 14.4. The van der Waals surface area contributed by atoms with Gasteiger partial charge in [0, 0.05) is 47.5 Å². The van der Waals surface area contributed by atoms with E-state index in [1.54, 1.807) is 12.4 Å². The van der Waals surface area contributed by atoms with Crippen molar-refractivity contribution in [1.82, 2.24) is 30.1 Å². The van der Waals surface area contributed by atoms with Crippen LogP contribution in [0.2, 0.25) is 0 Å². The molecule has 1 aliphatic rings. The van der Waals surface area contributed by atoms with Crippen molar-refractivity contribution in [2.75, 3.05) is 23.3 Å². The molecule has 0 unspecified atom stereocenters. The molecular weight excluding hydrogens is 464 g/mol. The molecule has 6 heterocycles. The first kappa shape index (κ1) is 23.1. The molecular formula is C28H30N8O. The summed E-state index contributed by atoms with van der Waals surface area (Å²) >= 11 is 0. The van der Waals surface area contributed by atoms with Crippen molar-refractivity contribution in [3.63, 3.8) is 0 Å². The minimum Gasteiger partial charge on any atom is -0.371 e. The molecule has 1 fully saturated rings. The maximum absolute atomic E-state index is 12.4. The number of piperidine rings is 1. The Balaban J connectivity index is 1.37. The predicted octanol–water partition coefficient (Wildman–Crippen LogP) is 5.54. The lowest BCUT2D eigenvalue weighted by Crippen LogP contribution is -2.29. The number of carbonyl (C=O) groups excluding carboxylic acids is 1. The number of H-pyrrole nitrogens is 2. The van der Waals surface area contributed by atoms with E-state index in [1.165, 1.54) is 24.9 Å². The van der Waals surface area contributed by atoms with E-state index in [0.29, 0.717) is 5.69 Å². The first-order valence-electron chi connectivity index (χ1n) is 12.7. The van der Waals surface area contributed by atoms with Crippen LogP contribution >= 0.6 is 0 Å². The highest BCUT2D eigenvalue weighted by atomic mass is 16.2. The van der Waals surface area contributed by atoms with Crippen LogP contribution in [0.15, 0.2) is 48.9 Å². The molecule has 188 valence electrons. The molecule has 1 saturated heterocycles. The van der Waals surface area contributed by atoms with E-state index in [2.05, 4.69) is 47.5 Å². The highest BCUT2D eigenvalue weighted by molar-refractivity contribution is 5.98. The van der Waals surface area contributed by atoms with Crippen molar-refractivity contribution < 1.29 is 4.79 Å². The lowest BCUT2D eigenvalue weighted by atomic mass is 9.95. The molecule has 9 heteroatoms. The zero-order valence-electron chi connectivity index (χ0n) is 21.3. The smallest absolute Gasteiger partial charge is 0.229 e. The summed E-state index contributed by atoms with van der Waals surface area (Å²) in [6.45, 7) is 7.78. The fourth-order valence-corrected chi connectivity index (χ4v) is 4.77. The van der Waals surface area contributed by atoms with E-state index in [9.17, 15) is 4.79 Å². The number of rotatable bonds is 4. The first-order valence-corrected chi connectivity index (χ1v) is 12.7. The Morgan fingerprint density at radius 1 is 1.05 bits per heavy atom. The molecule has 0 saturated carbocycles. The average Bonchev–Trinajstić information content (AvgIpc) is 3.52. The number of fused-ring (bicyclic) bond motifs is 2. The van der Waals surface area contributed by atoms with Gasteiger partial charge in [-0.2, -0.15) is 5.10 Å². The van der Waals surface area contributed by atoms with Gasteiger partial charge < -0.3 is 15.2 Å². The van der Waals surface area contributed by atoms with E-state index in [4.69, 9.17) is 4.98 Å². The Labute approximate surface area is 214 Å². The van der Waals surface area contributed by atoms with Gasteiger partial charge in [0.15, 0.2) is 0 Å². The number of nitrogens with one attached hydrogen (secondary N) is 3. The first-order chi connectivity index (χ1) is 17.9. The third-order valence-electron chi connectivity index (χ3n) is 6.84. The fourth-order valence-electron chi connectivity index (χ4n) is 4.77. The zero-order valence-corrected chi connectivity index (χ0v) is 21.3. The van der Waals surface area contributed by atoms with Crippen LogP contribution in [0.3, 0.4) is 0 Å². The summed E-state index contributed by atoms with van der Waals surface area (Å²) in [7, 11) is 0. The highest BCUT2D eigenvalue weighted by Crippen LogP contribution is 2.34. The Morgan fingerprint density at radius 3 is 2.70 bits per heavy atom. The Bertz CT molecular complexity index is 1600. The number of pyridine rings is 3. The van der Waals surface area contributed by atoms with Crippen LogP contribution in [0.1, 0.15) is 40.0 Å². The van der Waals surface area contributed by atoms with Gasteiger partial charge in [0.2, 0.25) is 5.91 Å². The van der Waals surface area contributed by atoms with Crippen molar-refractivity contribution in [2.24, 2.45) is 5.41 Å². The summed E-state index contributed by atoms with van der Waals surface area (Å²) in [4.78, 5) is 32.2. The third-order valence-corrected chi connectivity index (χ3v) is 6.84. The van der Waals surface area contributed by atoms with Gasteiger partial charge in [-0.05, 0) is 49.6 Å². The van der Waals surface area contributed by atoms with Gasteiger partial charge in [-0.3, -0.25) is 14.9 Å². The van der Waals surface area contributed by atoms with Crippen LogP contribution in [0.25, 0.3) is 44.7 Å². The molecule has 37 heavy (non-hydrogen) atoms. The average molecular weight is 495 g/mol. The van der Waals surface area contributed by atoms with Crippen molar-refractivity contribution in [1.29, 1.82) is 0 Å². The number of anilines is 2. The summed E-state index contributed by atoms with van der Waals surface area (Å²) in [5.41, 5.74) is 6.96. The second kappa shape index (κ2) is 8.99. The second-order valence-electron chi connectivity index (χ2n) is 10.7. The molecule has 0 radical (unpaired) electrons. The number of hydrogen-bond acceptors (Lipinski definition) is 6. The SMILES string of the molecule is CC(C)(C)C(=O)Nc1cncc(-c2ccc3[nH]nc(-c4cc5c(N6CCCCC6)ccnc5[nH]4)c3n2)c1. The van der Waals surface area contributed by atoms with Gasteiger partial charge in [-0.1, -0.05) is 20.8 Å². The van der Waals surface area contributed by atoms with Gasteiger partial charge in [0.05, 0.1) is 28.8 Å². The van der Waals surface area contributed by atoms with Crippen molar-refractivity contribution in [2.45, 2.75) is 40.0 Å². The van der Waals surface area contributed by atoms with E-state index < -0.39 is 5.41 Å². The molecule has 5 aromatic heterocycles. The van der Waals surface area contributed by atoms with Crippen LogP contribution < -0.4 is 10.2 Å². The van der Waals surface area contributed by atoms with Crippen LogP contribution in [-0.2, 0) is 4.79 Å². The summed E-state index contributed by atoms with van der Waals surface area (Å²) in [6.07, 6.45) is 8.98. The van der Waals surface area contributed by atoms with Crippen LogP contribution in [0.5, 0.6) is 0 Å². The molecule has 0 aliphatic carbocycles. The standard InChI is InChI=1S/C28H30N8O/c1-28(2,3)27(37)31-18-13-17(15-29-16-18)20-7-8-21-24(32-20)25(35-34-21)22-14-19-23(9-10-30-26(19)33-22)36-11-5-4-6-12-36/h7-10,13-16H,4-6,11-12H2,1-3H3,(H,30,33)(H,31,37)(H,34,35). The largest absolute Gasteiger partial charge is 0.371 e. The summed E-state index contributed by atoms with van der Waals surface area (Å²) in [5, 5.41) is 11.7. The van der Waals surface area contributed by atoms with E-state index in [0.717, 1.165) is 57.8 Å². The third kappa shape index (κ3) is 4.41. The highest BCUT2D eigenvalue weighted by Gasteiger charge is 2.22. The predicted molar refractivity (Wildman–Crippen MR) is 146 cm³/mol. The van der Waals surface area contributed by atoms with Crippen molar-refractivity contribution in [3.05, 3.63) is 48.9 Å². The zero-order chi connectivity index (χ0) is 25.6. The molecule has 0 spiro atoms. The van der Waals surface area contributed by atoms with E-state index in [-0.39, 0.29) is 5.91 Å². The molecule has 5 aromatic rings. The molecule has 0 atom stereocenters. The van der Waals surface area contributed by atoms with Crippen molar-refractivity contribution >= 4 is 39.3 Å². The van der Waals surface area contributed by atoms with Crippen molar-refractivity contribution in [3.8, 4) is 22.6 Å². The van der Waals surface area contributed by atoms with Gasteiger partial charge >= 0.3 is 0 Å². The summed E-state index contributed by atoms with van der Waals surface area (Å²) in [6, 6.07) is 10.0. The molecule has 6 rings (SSSR count). The molecule has 9 nitrogen and oxygen atoms in total. The fraction of sp³-hybridized carbons (Fsp3) is 0.321. The van der Waals surface area contributed by atoms with E-state index in [1.807, 2.05) is 45.2 Å². The minimum absolute atomic E-state index is 0.0664. The lowest BCUT2D eigenvalue weighted by molar-refractivity contribution is -0.123. The quantitative estimate of drug-likeness (QED) is 0.302. The maximum atomic E-state index is 12.4. The van der Waals surface area contributed by atoms with Crippen LogP contribution in [0.4, 0.5) is 11.4 Å². The Morgan fingerprint density at radius 2 is 1.89 bits per heavy atom. The summed E-state index contributed by atoms with van der Waals surface area (Å²) < 4.78 is 0. The molecule has 3 N–H and O–H groups in total. The monoisotopic (exact) mass is 494 g/mol.